The Balaban J connectivity index is 2.48. The molecule has 2 rings (SSSR count). The van der Waals surface area contributed by atoms with E-state index in [9.17, 15) is 8.78 Å². The number of nitrogens with zero attached hydrogens (tertiary/aromatic N) is 2. The fraction of sp³-hybridized carbons (Fsp3) is 0.400. The van der Waals surface area contributed by atoms with Crippen LogP contribution in [0.15, 0.2) is 28.9 Å². The first-order chi connectivity index (χ1) is 10.1. The summed E-state index contributed by atoms with van der Waals surface area (Å²) in [6.45, 7) is 5.53. The summed E-state index contributed by atoms with van der Waals surface area (Å²) in [5.41, 5.74) is 1.60. The van der Waals surface area contributed by atoms with Gasteiger partial charge in [0.2, 0.25) is 0 Å². The topological polar surface area (TPSA) is 29.9 Å². The quantitative estimate of drug-likeness (QED) is 0.790. The van der Waals surface area contributed by atoms with E-state index >= 15 is 0 Å². The van der Waals surface area contributed by atoms with Crippen molar-refractivity contribution in [3.05, 3.63) is 51.8 Å². The van der Waals surface area contributed by atoms with Crippen LogP contribution in [0.3, 0.4) is 0 Å². The predicted molar refractivity (Wildman–Crippen MR) is 82.1 cm³/mol. The van der Waals surface area contributed by atoms with Crippen LogP contribution >= 0.6 is 15.9 Å². The van der Waals surface area contributed by atoms with Crippen molar-refractivity contribution in [1.29, 1.82) is 0 Å². The van der Waals surface area contributed by atoms with Crippen LogP contribution < -0.4 is 5.32 Å². The van der Waals surface area contributed by atoms with Crippen molar-refractivity contribution in [3.63, 3.8) is 0 Å². The van der Waals surface area contributed by atoms with E-state index in [0.29, 0.717) is 12.1 Å². The minimum absolute atomic E-state index is 0.151. The Labute approximate surface area is 131 Å². The van der Waals surface area contributed by atoms with Gasteiger partial charge < -0.3 is 5.32 Å². The zero-order chi connectivity index (χ0) is 15.4. The molecule has 6 heteroatoms. The average molecular weight is 358 g/mol. The lowest BCUT2D eigenvalue weighted by molar-refractivity contribution is 0.490. The molecule has 21 heavy (non-hydrogen) atoms. The molecule has 2 aromatic rings. The van der Waals surface area contributed by atoms with Gasteiger partial charge in [-0.15, -0.1) is 0 Å². The second kappa shape index (κ2) is 7.13. The number of aromatic nitrogens is 2. The Morgan fingerprint density at radius 3 is 2.71 bits per heavy atom. The molecule has 1 heterocycles. The van der Waals surface area contributed by atoms with Gasteiger partial charge >= 0.3 is 0 Å². The number of rotatable bonds is 6. The van der Waals surface area contributed by atoms with Crippen molar-refractivity contribution in [3.8, 4) is 0 Å². The van der Waals surface area contributed by atoms with Gasteiger partial charge in [0.15, 0.2) is 11.6 Å². The van der Waals surface area contributed by atoms with Crippen LogP contribution in [0, 0.1) is 11.6 Å². The Bertz CT molecular complexity index is 613. The van der Waals surface area contributed by atoms with Crippen LogP contribution in [-0.4, -0.2) is 16.3 Å². The predicted octanol–water partition coefficient (Wildman–Crippen LogP) is 4.03. The molecular weight excluding hydrogens is 340 g/mol. The molecule has 0 bridgehead atoms. The van der Waals surface area contributed by atoms with Gasteiger partial charge in [-0.2, -0.15) is 5.10 Å². The number of hydrogen-bond acceptors (Lipinski definition) is 2. The highest BCUT2D eigenvalue weighted by molar-refractivity contribution is 9.10. The third-order valence-electron chi connectivity index (χ3n) is 3.26. The van der Waals surface area contributed by atoms with Gasteiger partial charge in [-0.3, -0.25) is 4.68 Å². The lowest BCUT2D eigenvalue weighted by Gasteiger charge is -2.21. The summed E-state index contributed by atoms with van der Waals surface area (Å²) in [5.74, 6) is -1.72. The van der Waals surface area contributed by atoms with Crippen molar-refractivity contribution < 1.29 is 8.78 Å². The number of benzene rings is 1. The monoisotopic (exact) mass is 357 g/mol. The third-order valence-corrected chi connectivity index (χ3v) is 4.07. The second-order valence-electron chi connectivity index (χ2n) is 4.73. The molecule has 0 amide bonds. The van der Waals surface area contributed by atoms with Crippen molar-refractivity contribution >= 4 is 15.9 Å². The Kier molecular flexibility index (Phi) is 5.47. The molecule has 0 fully saturated rings. The molecule has 3 nitrogen and oxygen atoms in total. The maximum atomic E-state index is 13.8. The third kappa shape index (κ3) is 3.32. The van der Waals surface area contributed by atoms with Crippen molar-refractivity contribution in [1.82, 2.24) is 15.1 Å². The summed E-state index contributed by atoms with van der Waals surface area (Å²) < 4.78 is 29.2. The van der Waals surface area contributed by atoms with Gasteiger partial charge in [0.05, 0.1) is 16.2 Å². The van der Waals surface area contributed by atoms with E-state index in [1.807, 2.05) is 17.7 Å². The first-order valence-corrected chi connectivity index (χ1v) is 7.77. The average Bonchev–Trinajstić information content (AvgIpc) is 2.92. The molecule has 1 unspecified atom stereocenters. The van der Waals surface area contributed by atoms with Gasteiger partial charge in [-0.05, 0) is 46.6 Å². The van der Waals surface area contributed by atoms with E-state index in [1.165, 1.54) is 0 Å². The summed E-state index contributed by atoms with van der Waals surface area (Å²) in [6.07, 6.45) is 2.68. The SMILES string of the molecule is CCCn1nccc1C(NCC)c1ccc(F)c(F)c1Br. The van der Waals surface area contributed by atoms with Gasteiger partial charge in [0, 0.05) is 12.7 Å². The molecule has 0 saturated heterocycles. The molecule has 0 aliphatic heterocycles. The van der Waals surface area contributed by atoms with Crippen molar-refractivity contribution in [2.75, 3.05) is 6.54 Å². The smallest absolute Gasteiger partial charge is 0.173 e. The lowest BCUT2D eigenvalue weighted by atomic mass is 10.0. The van der Waals surface area contributed by atoms with Gasteiger partial charge in [0.25, 0.3) is 0 Å². The van der Waals surface area contributed by atoms with Gasteiger partial charge in [-0.25, -0.2) is 8.78 Å². The summed E-state index contributed by atoms with van der Waals surface area (Å²) in [4.78, 5) is 0. The first kappa shape index (κ1) is 16.1. The summed E-state index contributed by atoms with van der Waals surface area (Å²) in [6, 6.07) is 4.41. The number of aryl methyl sites for hydroxylation is 1. The molecule has 0 spiro atoms. The van der Waals surface area contributed by atoms with Gasteiger partial charge in [0.1, 0.15) is 0 Å². The van der Waals surface area contributed by atoms with Crippen LogP contribution in [0.1, 0.15) is 37.6 Å². The highest BCUT2D eigenvalue weighted by Crippen LogP contribution is 2.31. The van der Waals surface area contributed by atoms with Crippen LogP contribution in [0.25, 0.3) is 0 Å². The lowest BCUT2D eigenvalue weighted by Crippen LogP contribution is -2.25. The molecule has 0 aliphatic rings. The zero-order valence-electron chi connectivity index (χ0n) is 12.0. The fourth-order valence-corrected chi connectivity index (χ4v) is 2.88. The minimum atomic E-state index is -0.864. The normalized spacial score (nSPS) is 12.6. The zero-order valence-corrected chi connectivity index (χ0v) is 13.6. The molecule has 1 aromatic heterocycles. The molecule has 1 atom stereocenters. The van der Waals surface area contributed by atoms with E-state index < -0.39 is 11.6 Å². The molecule has 0 aliphatic carbocycles. The first-order valence-electron chi connectivity index (χ1n) is 6.98. The van der Waals surface area contributed by atoms with Crippen LogP contribution in [0.5, 0.6) is 0 Å². The van der Waals surface area contributed by atoms with Crippen molar-refractivity contribution in [2.45, 2.75) is 32.9 Å². The molecule has 114 valence electrons. The fourth-order valence-electron chi connectivity index (χ4n) is 2.33. The van der Waals surface area contributed by atoms with Crippen LogP contribution in [-0.2, 0) is 6.54 Å². The highest BCUT2D eigenvalue weighted by atomic mass is 79.9. The minimum Gasteiger partial charge on any atom is -0.305 e. The number of hydrogen-bond donors (Lipinski definition) is 1. The van der Waals surface area contributed by atoms with Crippen LogP contribution in [0.2, 0.25) is 0 Å². The van der Waals surface area contributed by atoms with Gasteiger partial charge in [-0.1, -0.05) is 19.9 Å². The second-order valence-corrected chi connectivity index (χ2v) is 5.53. The molecule has 1 N–H and O–H groups in total. The molecule has 0 saturated carbocycles. The largest absolute Gasteiger partial charge is 0.305 e. The molecule has 1 aromatic carbocycles. The van der Waals surface area contributed by atoms with Crippen molar-refractivity contribution in [2.24, 2.45) is 0 Å². The maximum Gasteiger partial charge on any atom is 0.173 e. The summed E-state index contributed by atoms with van der Waals surface area (Å²) in [7, 11) is 0. The standard InChI is InChI=1S/C15H18BrF2N3/c1-3-9-21-12(7-8-20-21)15(19-4-2)10-5-6-11(17)14(18)13(10)16/h5-8,15,19H,3-4,9H2,1-2H3. The Hall–Kier alpha value is -1.27. The highest BCUT2D eigenvalue weighted by Gasteiger charge is 2.22. The van der Waals surface area contributed by atoms with E-state index in [-0.39, 0.29) is 10.5 Å². The van der Waals surface area contributed by atoms with E-state index in [4.69, 9.17) is 0 Å². The molecule has 0 radical (unpaired) electrons. The van der Waals surface area contributed by atoms with E-state index in [1.54, 1.807) is 12.3 Å². The van der Waals surface area contributed by atoms with E-state index in [0.717, 1.165) is 24.7 Å². The van der Waals surface area contributed by atoms with Crippen LogP contribution in [0.4, 0.5) is 8.78 Å². The Morgan fingerprint density at radius 1 is 1.29 bits per heavy atom. The maximum absolute atomic E-state index is 13.8. The number of nitrogens with one attached hydrogen (secondary N) is 1. The summed E-state index contributed by atoms with van der Waals surface area (Å²) >= 11 is 3.17. The summed E-state index contributed by atoms with van der Waals surface area (Å²) in [5, 5.41) is 7.61. The molecular formula is C15H18BrF2N3. The van der Waals surface area contributed by atoms with E-state index in [2.05, 4.69) is 33.3 Å². The Morgan fingerprint density at radius 2 is 2.05 bits per heavy atom. The number of halogens is 3.